The van der Waals surface area contributed by atoms with E-state index in [-0.39, 0.29) is 17.7 Å². The molecule has 0 saturated carbocycles. The average Bonchev–Trinajstić information content (AvgIpc) is 2.91. The van der Waals surface area contributed by atoms with Crippen molar-refractivity contribution in [3.63, 3.8) is 0 Å². The molecule has 0 aromatic heterocycles. The van der Waals surface area contributed by atoms with Crippen molar-refractivity contribution in [2.24, 2.45) is 5.92 Å². The van der Waals surface area contributed by atoms with Gasteiger partial charge in [-0.3, -0.25) is 4.79 Å². The zero-order valence-electron chi connectivity index (χ0n) is 13.0. The standard InChI is InChI=1S/C14H27N3O3S/c1-3-9-21(19,20)17-8-4-5-13(17)14(18)16-12-10-15-7-6-11(12)2/h11-13,15H,3-10H2,1-2H3,(H,16,18). The number of amides is 1. The maximum absolute atomic E-state index is 12.5. The molecule has 7 heteroatoms. The van der Waals surface area contributed by atoms with Gasteiger partial charge in [-0.2, -0.15) is 4.31 Å². The van der Waals surface area contributed by atoms with Crippen LogP contribution in [-0.2, 0) is 14.8 Å². The molecule has 0 radical (unpaired) electrons. The summed E-state index contributed by atoms with van der Waals surface area (Å²) in [4.78, 5) is 12.5. The van der Waals surface area contributed by atoms with E-state index in [0.29, 0.717) is 25.3 Å². The van der Waals surface area contributed by atoms with Crippen LogP contribution >= 0.6 is 0 Å². The lowest BCUT2D eigenvalue weighted by Crippen LogP contribution is -2.55. The first-order chi connectivity index (χ1) is 9.95. The van der Waals surface area contributed by atoms with E-state index in [9.17, 15) is 13.2 Å². The van der Waals surface area contributed by atoms with Gasteiger partial charge < -0.3 is 10.6 Å². The molecule has 1 amide bonds. The number of nitrogens with one attached hydrogen (secondary N) is 2. The van der Waals surface area contributed by atoms with Crippen molar-refractivity contribution < 1.29 is 13.2 Å². The first-order valence-electron chi connectivity index (χ1n) is 7.96. The van der Waals surface area contributed by atoms with E-state index in [0.717, 1.165) is 25.9 Å². The summed E-state index contributed by atoms with van der Waals surface area (Å²) in [6.07, 6.45) is 3.01. The lowest BCUT2D eigenvalue weighted by molar-refractivity contribution is -0.125. The second-order valence-electron chi connectivity index (χ2n) is 6.17. The summed E-state index contributed by atoms with van der Waals surface area (Å²) < 4.78 is 25.9. The Morgan fingerprint density at radius 2 is 2.14 bits per heavy atom. The van der Waals surface area contributed by atoms with Gasteiger partial charge in [-0.1, -0.05) is 13.8 Å². The van der Waals surface area contributed by atoms with Gasteiger partial charge in [0, 0.05) is 19.1 Å². The molecule has 0 aliphatic carbocycles. The molecular formula is C14H27N3O3S. The van der Waals surface area contributed by atoms with Gasteiger partial charge in [0.05, 0.1) is 5.75 Å². The molecule has 2 saturated heterocycles. The Hall–Kier alpha value is -0.660. The molecule has 122 valence electrons. The van der Waals surface area contributed by atoms with E-state index in [4.69, 9.17) is 0 Å². The van der Waals surface area contributed by atoms with Crippen molar-refractivity contribution in [3.8, 4) is 0 Å². The minimum atomic E-state index is -3.30. The summed E-state index contributed by atoms with van der Waals surface area (Å²) in [5.41, 5.74) is 0. The molecule has 21 heavy (non-hydrogen) atoms. The fourth-order valence-electron chi connectivity index (χ4n) is 3.17. The topological polar surface area (TPSA) is 78.5 Å². The summed E-state index contributed by atoms with van der Waals surface area (Å²) in [6, 6.07) is -0.418. The summed E-state index contributed by atoms with van der Waals surface area (Å²) in [5.74, 6) is 0.420. The number of hydrogen-bond acceptors (Lipinski definition) is 4. The predicted molar refractivity (Wildman–Crippen MR) is 82.4 cm³/mol. The number of hydrogen-bond donors (Lipinski definition) is 2. The Morgan fingerprint density at radius 3 is 2.81 bits per heavy atom. The van der Waals surface area contributed by atoms with Crippen molar-refractivity contribution in [2.45, 2.75) is 51.6 Å². The highest BCUT2D eigenvalue weighted by Crippen LogP contribution is 2.22. The van der Waals surface area contributed by atoms with Gasteiger partial charge in [0.15, 0.2) is 0 Å². The SMILES string of the molecule is CCCS(=O)(=O)N1CCCC1C(=O)NC1CNCCC1C. The molecule has 3 atom stereocenters. The van der Waals surface area contributed by atoms with Crippen LogP contribution < -0.4 is 10.6 Å². The Bertz CT molecular complexity index is 466. The molecule has 0 spiro atoms. The predicted octanol–water partition coefficient (Wildman–Crippen LogP) is 0.305. The molecule has 0 aromatic carbocycles. The second kappa shape index (κ2) is 7.07. The number of sulfonamides is 1. The number of rotatable bonds is 5. The van der Waals surface area contributed by atoms with Crippen molar-refractivity contribution in [1.82, 2.24) is 14.9 Å². The van der Waals surface area contributed by atoms with Gasteiger partial charge in [-0.15, -0.1) is 0 Å². The van der Waals surface area contributed by atoms with Crippen molar-refractivity contribution in [2.75, 3.05) is 25.4 Å². The van der Waals surface area contributed by atoms with E-state index < -0.39 is 16.1 Å². The summed E-state index contributed by atoms with van der Waals surface area (Å²) in [6.45, 7) is 6.19. The van der Waals surface area contributed by atoms with E-state index in [1.165, 1.54) is 4.31 Å². The van der Waals surface area contributed by atoms with Gasteiger partial charge in [-0.05, 0) is 38.1 Å². The monoisotopic (exact) mass is 317 g/mol. The molecule has 2 heterocycles. The highest BCUT2D eigenvalue weighted by molar-refractivity contribution is 7.89. The third-order valence-electron chi connectivity index (χ3n) is 4.48. The van der Waals surface area contributed by atoms with Gasteiger partial charge >= 0.3 is 0 Å². The quantitative estimate of drug-likeness (QED) is 0.765. The molecule has 3 unspecified atom stereocenters. The van der Waals surface area contributed by atoms with Crippen LogP contribution in [0.15, 0.2) is 0 Å². The molecule has 0 bridgehead atoms. The number of piperidine rings is 1. The van der Waals surface area contributed by atoms with Crippen LogP contribution in [0.1, 0.15) is 39.5 Å². The van der Waals surface area contributed by atoms with Crippen molar-refractivity contribution in [3.05, 3.63) is 0 Å². The van der Waals surface area contributed by atoms with Crippen LogP contribution in [0.25, 0.3) is 0 Å². The number of nitrogens with zero attached hydrogens (tertiary/aromatic N) is 1. The van der Waals surface area contributed by atoms with Crippen LogP contribution in [0, 0.1) is 5.92 Å². The minimum Gasteiger partial charge on any atom is -0.350 e. The maximum Gasteiger partial charge on any atom is 0.238 e. The molecule has 2 rings (SSSR count). The smallest absolute Gasteiger partial charge is 0.238 e. The zero-order valence-corrected chi connectivity index (χ0v) is 13.8. The molecule has 2 fully saturated rings. The molecular weight excluding hydrogens is 290 g/mol. The van der Waals surface area contributed by atoms with Crippen molar-refractivity contribution >= 4 is 15.9 Å². The zero-order chi connectivity index (χ0) is 15.5. The van der Waals surface area contributed by atoms with Gasteiger partial charge in [0.25, 0.3) is 0 Å². The van der Waals surface area contributed by atoms with Crippen molar-refractivity contribution in [1.29, 1.82) is 0 Å². The van der Waals surface area contributed by atoms with E-state index in [2.05, 4.69) is 17.6 Å². The first kappa shape index (κ1) is 16.7. The summed E-state index contributed by atoms with van der Waals surface area (Å²) in [5, 5.41) is 6.32. The highest BCUT2D eigenvalue weighted by Gasteiger charge is 2.39. The minimum absolute atomic E-state index is 0.0996. The third-order valence-corrected chi connectivity index (χ3v) is 6.56. The highest BCUT2D eigenvalue weighted by atomic mass is 32.2. The van der Waals surface area contributed by atoms with E-state index >= 15 is 0 Å². The Balaban J connectivity index is 2.00. The van der Waals surface area contributed by atoms with E-state index in [1.807, 2.05) is 6.92 Å². The fraction of sp³-hybridized carbons (Fsp3) is 0.929. The van der Waals surface area contributed by atoms with Crippen LogP contribution in [-0.4, -0.2) is 56.1 Å². The van der Waals surface area contributed by atoms with Crippen LogP contribution in [0.3, 0.4) is 0 Å². The molecule has 0 aromatic rings. The van der Waals surface area contributed by atoms with Crippen LogP contribution in [0.4, 0.5) is 0 Å². The lowest BCUT2D eigenvalue weighted by Gasteiger charge is -2.32. The number of carbonyl (C=O) groups is 1. The van der Waals surface area contributed by atoms with Crippen LogP contribution in [0.2, 0.25) is 0 Å². The fourth-order valence-corrected chi connectivity index (χ4v) is 4.92. The summed E-state index contributed by atoms with van der Waals surface area (Å²) >= 11 is 0. The van der Waals surface area contributed by atoms with Crippen LogP contribution in [0.5, 0.6) is 0 Å². The lowest BCUT2D eigenvalue weighted by atomic mass is 9.94. The summed E-state index contributed by atoms with van der Waals surface area (Å²) in [7, 11) is -3.30. The molecule has 6 nitrogen and oxygen atoms in total. The Kier molecular flexibility index (Phi) is 5.62. The van der Waals surface area contributed by atoms with Gasteiger partial charge in [-0.25, -0.2) is 8.42 Å². The molecule has 2 N–H and O–H groups in total. The Morgan fingerprint density at radius 1 is 1.38 bits per heavy atom. The Labute approximate surface area is 127 Å². The molecule has 2 aliphatic heterocycles. The van der Waals surface area contributed by atoms with Gasteiger partial charge in [0.1, 0.15) is 6.04 Å². The normalized spacial score (nSPS) is 31.2. The largest absolute Gasteiger partial charge is 0.350 e. The third kappa shape index (κ3) is 3.96. The average molecular weight is 317 g/mol. The maximum atomic E-state index is 12.5. The van der Waals surface area contributed by atoms with Gasteiger partial charge in [0.2, 0.25) is 15.9 Å². The second-order valence-corrected chi connectivity index (χ2v) is 8.21. The number of carbonyl (C=O) groups excluding carboxylic acids is 1. The van der Waals surface area contributed by atoms with E-state index in [1.54, 1.807) is 0 Å². The first-order valence-corrected chi connectivity index (χ1v) is 9.57. The molecule has 2 aliphatic rings.